The molecule has 1 amide bonds. The molecular weight excluding hydrogens is 342 g/mol. The van der Waals surface area contributed by atoms with Crippen molar-refractivity contribution >= 4 is 35.0 Å². The van der Waals surface area contributed by atoms with Crippen molar-refractivity contribution in [3.63, 3.8) is 0 Å². The molecule has 0 spiro atoms. The normalized spacial score (nSPS) is 11.7. The second-order valence-electron chi connectivity index (χ2n) is 5.20. The first-order chi connectivity index (χ1) is 11.7. The molecule has 128 valence electrons. The third kappa shape index (κ3) is 6.37. The number of nitrogens with one attached hydrogen (secondary N) is 1. The molecule has 0 saturated carbocycles. The molecule has 1 aromatic heterocycles. The number of hydrogen-bond donors (Lipinski definition) is 1. The second kappa shape index (κ2) is 10.2. The number of thiophene rings is 1. The molecule has 0 fully saturated rings. The van der Waals surface area contributed by atoms with Crippen LogP contribution >= 0.6 is 23.1 Å². The number of esters is 1. The average molecular weight is 364 g/mol. The summed E-state index contributed by atoms with van der Waals surface area (Å²) >= 11 is 3.25. The van der Waals surface area contributed by atoms with Gasteiger partial charge in [-0.2, -0.15) is 11.8 Å². The van der Waals surface area contributed by atoms with Gasteiger partial charge in [-0.1, -0.05) is 36.4 Å². The molecule has 24 heavy (non-hydrogen) atoms. The van der Waals surface area contributed by atoms with Crippen LogP contribution in [-0.2, 0) is 20.1 Å². The molecule has 0 aliphatic heterocycles. The first-order valence-electron chi connectivity index (χ1n) is 7.70. The largest absolute Gasteiger partial charge is 0.469 e. The number of benzene rings is 1. The number of carbonyl (C=O) groups excluding carboxylic acids is 2. The molecule has 1 aromatic carbocycles. The van der Waals surface area contributed by atoms with E-state index in [1.165, 1.54) is 24.0 Å². The Kier molecular flexibility index (Phi) is 7.85. The fraction of sp³-hybridized carbons (Fsp3) is 0.333. The van der Waals surface area contributed by atoms with Crippen LogP contribution in [0.2, 0.25) is 0 Å². The van der Waals surface area contributed by atoms with Crippen LogP contribution in [0.3, 0.4) is 0 Å². The van der Waals surface area contributed by atoms with Gasteiger partial charge in [0.1, 0.15) is 0 Å². The van der Waals surface area contributed by atoms with Crippen LogP contribution in [0, 0.1) is 0 Å². The number of thioether (sulfide) groups is 1. The highest BCUT2D eigenvalue weighted by atomic mass is 32.2. The smallest absolute Gasteiger partial charge is 0.307 e. The van der Waals surface area contributed by atoms with Crippen LogP contribution in [0.25, 0.3) is 0 Å². The molecule has 0 radical (unpaired) electrons. The van der Waals surface area contributed by atoms with Gasteiger partial charge in [0, 0.05) is 22.8 Å². The molecule has 2 aromatic rings. The van der Waals surface area contributed by atoms with Crippen molar-refractivity contribution in [3.05, 3.63) is 58.3 Å². The summed E-state index contributed by atoms with van der Waals surface area (Å²) in [5, 5.41) is 4.87. The minimum absolute atomic E-state index is 0.0436. The van der Waals surface area contributed by atoms with Gasteiger partial charge in [0.05, 0.1) is 19.6 Å². The number of methoxy groups -OCH3 is 1. The summed E-state index contributed by atoms with van der Waals surface area (Å²) in [4.78, 5) is 24.7. The van der Waals surface area contributed by atoms with Gasteiger partial charge < -0.3 is 10.1 Å². The monoisotopic (exact) mass is 363 g/mol. The first kappa shape index (κ1) is 18.5. The SMILES string of the molecule is COC(=O)C[C@@H](NC(=O)CCSCc1ccccc1)c1cccs1. The maximum atomic E-state index is 12.2. The molecule has 6 heteroatoms. The Morgan fingerprint density at radius 3 is 2.67 bits per heavy atom. The number of hydrogen-bond acceptors (Lipinski definition) is 5. The number of ether oxygens (including phenoxy) is 1. The summed E-state index contributed by atoms with van der Waals surface area (Å²) in [6, 6.07) is 13.7. The van der Waals surface area contributed by atoms with Gasteiger partial charge >= 0.3 is 5.97 Å². The number of rotatable bonds is 9. The Morgan fingerprint density at radius 1 is 1.21 bits per heavy atom. The summed E-state index contributed by atoms with van der Waals surface area (Å²) in [6.45, 7) is 0. The van der Waals surface area contributed by atoms with Crippen LogP contribution < -0.4 is 5.32 Å². The van der Waals surface area contributed by atoms with Crippen molar-refractivity contribution in [2.75, 3.05) is 12.9 Å². The van der Waals surface area contributed by atoms with Crippen molar-refractivity contribution < 1.29 is 14.3 Å². The highest BCUT2D eigenvalue weighted by molar-refractivity contribution is 7.98. The van der Waals surface area contributed by atoms with Gasteiger partial charge in [0.2, 0.25) is 5.91 Å². The molecule has 1 atom stereocenters. The summed E-state index contributed by atoms with van der Waals surface area (Å²) < 4.78 is 4.72. The van der Waals surface area contributed by atoms with Gasteiger partial charge in [0.25, 0.3) is 0 Å². The van der Waals surface area contributed by atoms with Crippen LogP contribution in [0.5, 0.6) is 0 Å². The van der Waals surface area contributed by atoms with E-state index >= 15 is 0 Å². The van der Waals surface area contributed by atoms with E-state index in [2.05, 4.69) is 17.4 Å². The van der Waals surface area contributed by atoms with Crippen molar-refractivity contribution in [2.24, 2.45) is 0 Å². The molecule has 4 nitrogen and oxygen atoms in total. The van der Waals surface area contributed by atoms with E-state index in [1.807, 2.05) is 35.7 Å². The Balaban J connectivity index is 1.76. The summed E-state index contributed by atoms with van der Waals surface area (Å²) in [5.41, 5.74) is 1.25. The topological polar surface area (TPSA) is 55.4 Å². The van der Waals surface area contributed by atoms with E-state index in [-0.39, 0.29) is 24.3 Å². The molecule has 2 rings (SSSR count). The van der Waals surface area contributed by atoms with E-state index in [0.717, 1.165) is 16.4 Å². The zero-order valence-corrected chi connectivity index (χ0v) is 15.2. The van der Waals surface area contributed by atoms with E-state index in [9.17, 15) is 9.59 Å². The van der Waals surface area contributed by atoms with Crippen LogP contribution in [-0.4, -0.2) is 24.7 Å². The van der Waals surface area contributed by atoms with E-state index in [1.54, 1.807) is 11.8 Å². The predicted octanol–water partition coefficient (Wildman–Crippen LogP) is 3.79. The van der Waals surface area contributed by atoms with Crippen molar-refractivity contribution in [1.29, 1.82) is 0 Å². The van der Waals surface area contributed by atoms with Crippen LogP contribution in [0.1, 0.15) is 29.3 Å². The van der Waals surface area contributed by atoms with Gasteiger partial charge in [-0.3, -0.25) is 9.59 Å². The summed E-state index contributed by atoms with van der Waals surface area (Å²) in [7, 11) is 1.36. The number of amides is 1. The van der Waals surface area contributed by atoms with Gasteiger partial charge in [0.15, 0.2) is 0 Å². The van der Waals surface area contributed by atoms with Crippen molar-refractivity contribution in [1.82, 2.24) is 5.32 Å². The molecule has 0 aliphatic rings. The lowest BCUT2D eigenvalue weighted by molar-refractivity contribution is -0.141. The molecular formula is C18H21NO3S2. The third-order valence-electron chi connectivity index (χ3n) is 3.41. The Bertz CT molecular complexity index is 629. The summed E-state index contributed by atoms with van der Waals surface area (Å²) in [6.07, 6.45) is 0.584. The van der Waals surface area contributed by atoms with Crippen molar-refractivity contribution in [2.45, 2.75) is 24.6 Å². The quantitative estimate of drug-likeness (QED) is 0.544. The highest BCUT2D eigenvalue weighted by Gasteiger charge is 2.19. The van der Waals surface area contributed by atoms with Gasteiger partial charge in [-0.25, -0.2) is 0 Å². The molecule has 1 N–H and O–H groups in total. The second-order valence-corrected chi connectivity index (χ2v) is 7.29. The summed E-state index contributed by atoms with van der Waals surface area (Å²) in [5.74, 6) is 1.27. The molecule has 0 bridgehead atoms. The Hall–Kier alpha value is -1.79. The van der Waals surface area contributed by atoms with E-state index in [4.69, 9.17) is 4.74 Å². The molecule has 0 unspecified atom stereocenters. The van der Waals surface area contributed by atoms with E-state index in [0.29, 0.717) is 6.42 Å². The third-order valence-corrected chi connectivity index (χ3v) is 5.42. The van der Waals surface area contributed by atoms with Gasteiger partial charge in [-0.15, -0.1) is 11.3 Å². The zero-order valence-electron chi connectivity index (χ0n) is 13.6. The lowest BCUT2D eigenvalue weighted by atomic mass is 10.1. The van der Waals surface area contributed by atoms with Crippen LogP contribution in [0.4, 0.5) is 0 Å². The fourth-order valence-electron chi connectivity index (χ4n) is 2.16. The fourth-order valence-corrected chi connectivity index (χ4v) is 3.84. The molecule has 0 saturated heterocycles. The zero-order chi connectivity index (χ0) is 17.2. The minimum Gasteiger partial charge on any atom is -0.469 e. The van der Waals surface area contributed by atoms with E-state index < -0.39 is 0 Å². The maximum Gasteiger partial charge on any atom is 0.307 e. The Labute approximate surface area is 150 Å². The average Bonchev–Trinajstić information content (AvgIpc) is 3.13. The minimum atomic E-state index is -0.327. The Morgan fingerprint density at radius 2 is 2.00 bits per heavy atom. The molecule has 0 aliphatic carbocycles. The maximum absolute atomic E-state index is 12.2. The van der Waals surface area contributed by atoms with Gasteiger partial charge in [-0.05, 0) is 17.0 Å². The van der Waals surface area contributed by atoms with Crippen molar-refractivity contribution in [3.8, 4) is 0 Å². The standard InChI is InChI=1S/C18H21NO3S2/c1-22-18(21)12-15(16-8-5-10-24-16)19-17(20)9-11-23-13-14-6-3-2-4-7-14/h2-8,10,15H,9,11-13H2,1H3,(H,19,20)/t15-/m1/s1. The lowest BCUT2D eigenvalue weighted by Gasteiger charge is -2.16. The predicted molar refractivity (Wildman–Crippen MR) is 99.1 cm³/mol. The number of carbonyl (C=O) groups is 2. The van der Waals surface area contributed by atoms with Crippen LogP contribution in [0.15, 0.2) is 47.8 Å². The molecule has 1 heterocycles. The first-order valence-corrected chi connectivity index (χ1v) is 9.73. The highest BCUT2D eigenvalue weighted by Crippen LogP contribution is 2.23. The lowest BCUT2D eigenvalue weighted by Crippen LogP contribution is -2.30.